The summed E-state index contributed by atoms with van der Waals surface area (Å²) in [6.07, 6.45) is 8.83. The van der Waals surface area contributed by atoms with Crippen LogP contribution in [0.25, 0.3) is 0 Å². The van der Waals surface area contributed by atoms with Gasteiger partial charge in [-0.25, -0.2) is 19.2 Å². The van der Waals surface area contributed by atoms with Gasteiger partial charge < -0.3 is 84.5 Å². The molecule has 1 aromatic carbocycles. The average molecular weight is 1180 g/mol. The van der Waals surface area contributed by atoms with E-state index in [1.807, 2.05) is 90.6 Å². The minimum atomic E-state index is -1.08. The lowest BCUT2D eigenvalue weighted by Gasteiger charge is -2.17. The molecule has 0 spiro atoms. The third kappa shape index (κ3) is 48.0. The van der Waals surface area contributed by atoms with Crippen molar-refractivity contribution in [2.45, 2.75) is 148 Å². The second-order valence-electron chi connectivity index (χ2n) is 18.4. The lowest BCUT2D eigenvalue weighted by molar-refractivity contribution is -0.163. The lowest BCUT2D eigenvalue weighted by Crippen LogP contribution is -2.40. The molecule has 78 heavy (non-hydrogen) atoms. The molecule has 1 unspecified atom stereocenters. The normalized spacial score (nSPS) is 13.9. The standard InChI is InChI=1S/C11H22N2O5S.2C11H22N2O3S.C10H13NO2.C7H15NO2.CH4O/c1-7(18-11(16)9(13)5-14)6-17-10(15)8(12)3-4-19-2;2*1-7(2)6-9(13)11(15)16-10(14)8(12)4-5-17-3;1-13-10(12)9(11)7-8-5-3-2-4-6-8;1-5(2)4-6(8)7(9)10-3;1-2/h7-9,14H,3-6,12-13H2,1-2H3;2*7-9H,4-6,12-13H2,1-3H3;2-6,9H,7,11H2,1H3;5-6H,4,8H2,1-3H3;2H,1H3/t7?,8-,9-;2*8-,9-;9-;6-;/m00000./s1. The highest BCUT2D eigenvalue weighted by Gasteiger charge is 2.25. The van der Waals surface area contributed by atoms with Crippen molar-refractivity contribution in [3.05, 3.63) is 35.9 Å². The van der Waals surface area contributed by atoms with Crippen LogP contribution in [0.15, 0.2) is 30.3 Å². The number of hydrogen-bond donors (Lipinski definition) is 10. The first-order chi connectivity index (χ1) is 36.5. The van der Waals surface area contributed by atoms with Gasteiger partial charge in [0.15, 0.2) is 0 Å². The van der Waals surface area contributed by atoms with Gasteiger partial charge in [0.2, 0.25) is 0 Å². The van der Waals surface area contributed by atoms with Gasteiger partial charge in [-0.2, -0.15) is 35.3 Å². The van der Waals surface area contributed by atoms with Gasteiger partial charge >= 0.3 is 47.8 Å². The summed E-state index contributed by atoms with van der Waals surface area (Å²) in [5.74, 6) is -1.46. The maximum Gasteiger partial charge on any atom is 0.330 e. The number of rotatable bonds is 29. The fraction of sp³-hybridized carbons (Fsp3) is 0.725. The van der Waals surface area contributed by atoms with Gasteiger partial charge in [0.25, 0.3) is 0 Å². The Labute approximate surface area is 476 Å². The van der Waals surface area contributed by atoms with Crippen molar-refractivity contribution < 1.29 is 77.0 Å². The van der Waals surface area contributed by atoms with E-state index in [0.29, 0.717) is 50.9 Å². The fourth-order valence-corrected chi connectivity index (χ4v) is 6.83. The van der Waals surface area contributed by atoms with Crippen LogP contribution in [-0.2, 0) is 73.2 Å². The van der Waals surface area contributed by atoms with E-state index in [1.54, 1.807) is 42.2 Å². The molecule has 0 saturated carbocycles. The van der Waals surface area contributed by atoms with Crippen molar-refractivity contribution in [2.24, 2.45) is 63.6 Å². The lowest BCUT2D eigenvalue weighted by atomic mass is 10.1. The van der Waals surface area contributed by atoms with Crippen LogP contribution in [-0.4, -0.2) is 183 Å². The van der Waals surface area contributed by atoms with Crippen molar-refractivity contribution in [3.63, 3.8) is 0 Å². The number of methoxy groups -OCH3 is 2. The molecule has 0 heterocycles. The summed E-state index contributed by atoms with van der Waals surface area (Å²) < 4.78 is 28.0. The summed E-state index contributed by atoms with van der Waals surface area (Å²) in [5.41, 5.74) is 45.3. The summed E-state index contributed by atoms with van der Waals surface area (Å²) in [6.45, 7) is 12.8. The van der Waals surface area contributed by atoms with Crippen LogP contribution in [0.2, 0.25) is 0 Å². The van der Waals surface area contributed by atoms with E-state index in [0.717, 1.165) is 29.9 Å². The molecular formula is C51H98N8O16S3. The molecule has 0 saturated heterocycles. The number of benzene rings is 1. The summed E-state index contributed by atoms with van der Waals surface area (Å²) >= 11 is 4.76. The molecular weight excluding hydrogens is 1080 g/mol. The van der Waals surface area contributed by atoms with E-state index in [9.17, 15) is 38.4 Å². The second-order valence-corrected chi connectivity index (χ2v) is 21.3. The van der Waals surface area contributed by atoms with Crippen molar-refractivity contribution in [2.75, 3.05) is 70.6 Å². The number of hydrogen-bond acceptors (Lipinski definition) is 27. The molecule has 1 rings (SSSR count). The van der Waals surface area contributed by atoms with Crippen LogP contribution in [0.3, 0.4) is 0 Å². The van der Waals surface area contributed by atoms with Gasteiger partial charge in [-0.15, -0.1) is 0 Å². The van der Waals surface area contributed by atoms with Crippen molar-refractivity contribution in [3.8, 4) is 0 Å². The summed E-state index contributed by atoms with van der Waals surface area (Å²) in [5, 5.41) is 15.7. The highest BCUT2D eigenvalue weighted by Crippen LogP contribution is 2.09. The number of carbonyl (C=O) groups excluding carboxylic acids is 8. The molecule has 18 N–H and O–H groups in total. The number of aliphatic hydroxyl groups is 2. The molecule has 0 aliphatic carbocycles. The highest BCUT2D eigenvalue weighted by molar-refractivity contribution is 7.98. The molecule has 27 heteroatoms. The maximum atomic E-state index is 11.5. The molecule has 0 aliphatic heterocycles. The predicted molar refractivity (Wildman–Crippen MR) is 309 cm³/mol. The quantitative estimate of drug-likeness (QED) is 0.0301. The van der Waals surface area contributed by atoms with E-state index >= 15 is 0 Å². The van der Waals surface area contributed by atoms with Gasteiger partial charge in [0.1, 0.15) is 61.0 Å². The van der Waals surface area contributed by atoms with Crippen LogP contribution in [0, 0.1) is 17.8 Å². The topological polar surface area (TPSA) is 441 Å². The number of esters is 8. The zero-order valence-electron chi connectivity index (χ0n) is 48.3. The summed E-state index contributed by atoms with van der Waals surface area (Å²) in [7, 11) is 3.69. The second kappa shape index (κ2) is 52.4. The smallest absolute Gasteiger partial charge is 0.330 e. The molecule has 456 valence electrons. The first-order valence-corrected chi connectivity index (χ1v) is 29.3. The van der Waals surface area contributed by atoms with Gasteiger partial charge in [-0.3, -0.25) is 19.2 Å². The SMILES string of the molecule is CO.COC(=O)[C@@H](N)CC(C)C.COC(=O)[C@@H](N)Cc1ccccc1.CSCC[C@H](N)C(=O)OC(=O)[C@@H](N)CC(C)C.CSCC[C@H](N)C(=O)OC(=O)[C@@H](N)CC(C)C.CSCC[C@H](N)C(=O)OCC(C)OC(=O)[C@@H](N)CO. The highest BCUT2D eigenvalue weighted by atomic mass is 32.2. The zero-order chi connectivity index (χ0) is 61.5. The molecule has 0 amide bonds. The molecule has 0 aliphatic rings. The minimum Gasteiger partial charge on any atom is -0.468 e. The van der Waals surface area contributed by atoms with Crippen molar-refractivity contribution >= 4 is 83.0 Å². The van der Waals surface area contributed by atoms with Crippen LogP contribution in [0.1, 0.15) is 92.6 Å². The number of thioether (sulfide) groups is 3. The predicted octanol–water partition coefficient (Wildman–Crippen LogP) is 0.752. The molecule has 0 radical (unpaired) electrons. The Kier molecular flexibility index (Phi) is 55.7. The van der Waals surface area contributed by atoms with Gasteiger partial charge in [0.05, 0.1) is 20.8 Å². The molecule has 24 nitrogen and oxygen atoms in total. The van der Waals surface area contributed by atoms with Crippen LogP contribution >= 0.6 is 35.3 Å². The van der Waals surface area contributed by atoms with Crippen molar-refractivity contribution in [1.29, 1.82) is 0 Å². The Bertz CT molecular complexity index is 1710. The Hall–Kier alpha value is -3.97. The molecule has 9 atom stereocenters. The Morgan fingerprint density at radius 1 is 0.462 bits per heavy atom. The monoisotopic (exact) mass is 1170 g/mol. The van der Waals surface area contributed by atoms with Crippen LogP contribution in [0.4, 0.5) is 0 Å². The third-order valence-corrected chi connectivity index (χ3v) is 11.5. The maximum absolute atomic E-state index is 11.5. The van der Waals surface area contributed by atoms with Gasteiger partial charge in [0, 0.05) is 7.11 Å². The third-order valence-electron chi connectivity index (χ3n) is 9.57. The molecule has 1 aromatic rings. The van der Waals surface area contributed by atoms with Gasteiger partial charge in [-0.1, -0.05) is 71.9 Å². The fourth-order valence-electron chi connectivity index (χ4n) is 5.36. The first-order valence-electron chi connectivity index (χ1n) is 25.1. The number of ether oxygens (including phenoxy) is 6. The number of aliphatic hydroxyl groups excluding tert-OH is 2. The summed E-state index contributed by atoms with van der Waals surface area (Å²) in [4.78, 5) is 90.1. The largest absolute Gasteiger partial charge is 0.468 e. The van der Waals surface area contributed by atoms with E-state index < -0.39 is 96.9 Å². The van der Waals surface area contributed by atoms with Crippen LogP contribution < -0.4 is 45.9 Å². The molecule has 0 aromatic heterocycles. The van der Waals surface area contributed by atoms with Gasteiger partial charge in [-0.05, 0) is 111 Å². The Morgan fingerprint density at radius 2 is 0.782 bits per heavy atom. The average Bonchev–Trinajstić information content (AvgIpc) is 3.40. The van der Waals surface area contributed by atoms with E-state index in [-0.39, 0.29) is 30.4 Å². The first kappa shape index (κ1) is 82.9. The minimum absolute atomic E-state index is 0.0876. The number of nitrogens with two attached hydrogens (primary N) is 8. The Morgan fingerprint density at radius 3 is 1.10 bits per heavy atom. The number of carbonyl (C=O) groups is 8. The Balaban J connectivity index is -0.000000286. The van der Waals surface area contributed by atoms with Crippen LogP contribution in [0.5, 0.6) is 0 Å². The summed E-state index contributed by atoms with van der Waals surface area (Å²) in [6, 6.07) is 3.83. The molecule has 0 fully saturated rings. The zero-order valence-corrected chi connectivity index (χ0v) is 50.7. The molecule has 0 bridgehead atoms. The van der Waals surface area contributed by atoms with Crippen molar-refractivity contribution in [1.82, 2.24) is 0 Å². The van der Waals surface area contributed by atoms with E-state index in [4.69, 9.17) is 65.6 Å². The van der Waals surface area contributed by atoms with E-state index in [1.165, 1.54) is 14.2 Å². The van der Waals surface area contributed by atoms with E-state index in [2.05, 4.69) is 18.9 Å².